The van der Waals surface area contributed by atoms with Gasteiger partial charge in [-0.1, -0.05) is 12.1 Å². The molecule has 2 rings (SSSR count). The molecule has 2 aromatic rings. The van der Waals surface area contributed by atoms with Crippen LogP contribution in [0.3, 0.4) is 0 Å². The maximum Gasteiger partial charge on any atom is 0.416 e. The molecule has 0 spiro atoms. The number of aryl methyl sites for hydroxylation is 1. The molecule has 0 amide bonds. The van der Waals surface area contributed by atoms with E-state index in [0.717, 1.165) is 24.5 Å². The Labute approximate surface area is 143 Å². The lowest BCUT2D eigenvalue weighted by Gasteiger charge is -2.13. The normalized spacial score (nSPS) is 12.8. The molecular formula is C15H14F3NO4S2. The van der Waals surface area contributed by atoms with Crippen LogP contribution in [0.4, 0.5) is 18.9 Å². The maximum atomic E-state index is 12.7. The van der Waals surface area contributed by atoms with Crippen molar-refractivity contribution in [2.45, 2.75) is 22.9 Å². The molecule has 0 aliphatic rings. The highest BCUT2D eigenvalue weighted by Crippen LogP contribution is 2.31. The fraction of sp³-hybridized carbons (Fsp3) is 0.200. The highest BCUT2D eigenvalue weighted by molar-refractivity contribution is 7.93. The fourth-order valence-corrected chi connectivity index (χ4v) is 4.11. The second-order valence-electron chi connectivity index (χ2n) is 5.38. The van der Waals surface area contributed by atoms with Gasteiger partial charge in [-0.05, 0) is 42.8 Å². The van der Waals surface area contributed by atoms with Crippen molar-refractivity contribution in [3.8, 4) is 0 Å². The predicted octanol–water partition coefficient (Wildman–Crippen LogP) is 3.22. The Bertz CT molecular complexity index is 1010. The number of alkyl halides is 3. The zero-order chi connectivity index (χ0) is 19.0. The summed E-state index contributed by atoms with van der Waals surface area (Å²) in [5.74, 6) is 0. The Morgan fingerprint density at radius 1 is 0.960 bits per heavy atom. The van der Waals surface area contributed by atoms with E-state index in [-0.39, 0.29) is 21.0 Å². The fourth-order valence-electron chi connectivity index (χ4n) is 2.07. The summed E-state index contributed by atoms with van der Waals surface area (Å²) >= 11 is 0. The van der Waals surface area contributed by atoms with Crippen LogP contribution in [0.2, 0.25) is 0 Å². The first-order chi connectivity index (χ1) is 11.3. The van der Waals surface area contributed by atoms with E-state index in [2.05, 4.69) is 0 Å². The predicted molar refractivity (Wildman–Crippen MR) is 86.5 cm³/mol. The largest absolute Gasteiger partial charge is 0.416 e. The van der Waals surface area contributed by atoms with Crippen molar-refractivity contribution in [1.29, 1.82) is 0 Å². The van der Waals surface area contributed by atoms with Gasteiger partial charge in [0.15, 0.2) is 9.84 Å². The Morgan fingerprint density at radius 2 is 1.60 bits per heavy atom. The second kappa shape index (κ2) is 6.34. The molecule has 0 atom stereocenters. The average molecular weight is 393 g/mol. The summed E-state index contributed by atoms with van der Waals surface area (Å²) < 4.78 is 88.4. The number of benzene rings is 2. The van der Waals surface area contributed by atoms with Crippen LogP contribution in [0, 0.1) is 6.92 Å². The molecule has 0 unspecified atom stereocenters. The van der Waals surface area contributed by atoms with Gasteiger partial charge in [0, 0.05) is 11.9 Å². The summed E-state index contributed by atoms with van der Waals surface area (Å²) in [6, 6.07) is 7.26. The molecule has 0 saturated heterocycles. The highest BCUT2D eigenvalue weighted by Gasteiger charge is 2.31. The number of rotatable bonds is 4. The summed E-state index contributed by atoms with van der Waals surface area (Å²) in [6.07, 6.45) is -3.69. The zero-order valence-corrected chi connectivity index (χ0v) is 14.8. The minimum atomic E-state index is -4.62. The standard InChI is InChI=1S/C15H14F3NO4S2/c1-10-6-7-13(24(2,20)21)9-14(10)25(22,23)19-12-5-3-4-11(8-12)15(16,17)18/h3-9,19H,1-2H3. The van der Waals surface area contributed by atoms with Crippen LogP contribution < -0.4 is 4.72 Å². The number of hydrogen-bond donors (Lipinski definition) is 1. The van der Waals surface area contributed by atoms with Crippen LogP contribution in [0.5, 0.6) is 0 Å². The lowest BCUT2D eigenvalue weighted by molar-refractivity contribution is -0.137. The third kappa shape index (κ3) is 4.51. The van der Waals surface area contributed by atoms with E-state index in [9.17, 15) is 30.0 Å². The number of hydrogen-bond acceptors (Lipinski definition) is 4. The Hall–Kier alpha value is -2.07. The van der Waals surface area contributed by atoms with Gasteiger partial charge >= 0.3 is 6.18 Å². The molecule has 2 aromatic carbocycles. The number of halogens is 3. The Kier molecular flexibility index (Phi) is 4.88. The lowest BCUT2D eigenvalue weighted by Crippen LogP contribution is -2.16. The van der Waals surface area contributed by atoms with Crippen molar-refractivity contribution in [3.63, 3.8) is 0 Å². The van der Waals surface area contributed by atoms with Crippen LogP contribution in [-0.4, -0.2) is 23.1 Å². The third-order valence-corrected chi connectivity index (χ3v) is 5.95. The van der Waals surface area contributed by atoms with Gasteiger partial charge in [-0.25, -0.2) is 16.8 Å². The molecule has 0 aromatic heterocycles. The maximum absolute atomic E-state index is 12.7. The average Bonchev–Trinajstić information content (AvgIpc) is 2.45. The Balaban J connectivity index is 2.47. The van der Waals surface area contributed by atoms with Gasteiger partial charge in [0.1, 0.15) is 0 Å². The first-order valence-electron chi connectivity index (χ1n) is 6.81. The van der Waals surface area contributed by atoms with Crippen molar-refractivity contribution < 1.29 is 30.0 Å². The molecule has 1 N–H and O–H groups in total. The summed E-state index contributed by atoms with van der Waals surface area (Å²) in [7, 11) is -7.91. The van der Waals surface area contributed by atoms with Gasteiger partial charge < -0.3 is 0 Å². The quantitative estimate of drug-likeness (QED) is 0.865. The van der Waals surface area contributed by atoms with E-state index in [1.54, 1.807) is 0 Å². The molecule has 0 saturated carbocycles. The first-order valence-corrected chi connectivity index (χ1v) is 10.2. The van der Waals surface area contributed by atoms with E-state index >= 15 is 0 Å². The third-order valence-electron chi connectivity index (χ3n) is 3.32. The number of nitrogens with one attached hydrogen (secondary N) is 1. The lowest BCUT2D eigenvalue weighted by atomic mass is 10.2. The van der Waals surface area contributed by atoms with Gasteiger partial charge in [-0.2, -0.15) is 13.2 Å². The first kappa shape index (κ1) is 19.3. The van der Waals surface area contributed by atoms with Crippen LogP contribution in [-0.2, 0) is 26.0 Å². The molecule has 25 heavy (non-hydrogen) atoms. The second-order valence-corrected chi connectivity index (χ2v) is 9.05. The van der Waals surface area contributed by atoms with Crippen LogP contribution in [0.1, 0.15) is 11.1 Å². The number of sulfonamides is 1. The molecule has 0 aliphatic heterocycles. The number of anilines is 1. The van der Waals surface area contributed by atoms with Crippen molar-refractivity contribution in [3.05, 3.63) is 53.6 Å². The molecule has 0 aliphatic carbocycles. The van der Waals surface area contributed by atoms with E-state index in [4.69, 9.17) is 0 Å². The van der Waals surface area contributed by atoms with Crippen LogP contribution >= 0.6 is 0 Å². The van der Waals surface area contributed by atoms with Gasteiger partial charge in [-0.3, -0.25) is 4.72 Å². The minimum absolute atomic E-state index is 0.206. The molecule has 5 nitrogen and oxygen atoms in total. The zero-order valence-electron chi connectivity index (χ0n) is 13.1. The van der Waals surface area contributed by atoms with E-state index in [0.29, 0.717) is 6.07 Å². The SMILES string of the molecule is Cc1ccc(S(C)(=O)=O)cc1S(=O)(=O)Nc1cccc(C(F)(F)F)c1. The summed E-state index contributed by atoms with van der Waals surface area (Å²) in [5.41, 5.74) is -1.03. The van der Waals surface area contributed by atoms with Gasteiger partial charge in [0.05, 0.1) is 15.4 Å². The summed E-state index contributed by atoms with van der Waals surface area (Å²) in [5, 5.41) is 0. The van der Waals surface area contributed by atoms with Crippen molar-refractivity contribution in [2.24, 2.45) is 0 Å². The van der Waals surface area contributed by atoms with Crippen LogP contribution in [0.25, 0.3) is 0 Å². The topological polar surface area (TPSA) is 80.3 Å². The Morgan fingerprint density at radius 3 is 2.16 bits per heavy atom. The van der Waals surface area contributed by atoms with Crippen molar-refractivity contribution >= 4 is 25.5 Å². The van der Waals surface area contributed by atoms with E-state index < -0.39 is 31.6 Å². The molecule has 10 heteroatoms. The van der Waals surface area contributed by atoms with Gasteiger partial charge in [0.25, 0.3) is 10.0 Å². The van der Waals surface area contributed by atoms with Gasteiger partial charge in [0.2, 0.25) is 0 Å². The molecule has 0 bridgehead atoms. The smallest absolute Gasteiger partial charge is 0.280 e. The van der Waals surface area contributed by atoms with Crippen molar-refractivity contribution in [2.75, 3.05) is 11.0 Å². The van der Waals surface area contributed by atoms with Crippen molar-refractivity contribution in [1.82, 2.24) is 0 Å². The summed E-state index contributed by atoms with van der Waals surface area (Å²) in [4.78, 5) is -0.532. The van der Waals surface area contributed by atoms with E-state index in [1.807, 2.05) is 4.72 Å². The van der Waals surface area contributed by atoms with E-state index in [1.165, 1.54) is 25.1 Å². The monoisotopic (exact) mass is 393 g/mol. The molecule has 136 valence electrons. The summed E-state index contributed by atoms with van der Waals surface area (Å²) in [6.45, 7) is 1.45. The number of sulfone groups is 1. The molecular weight excluding hydrogens is 379 g/mol. The minimum Gasteiger partial charge on any atom is -0.280 e. The molecule has 0 radical (unpaired) electrons. The van der Waals surface area contributed by atoms with Gasteiger partial charge in [-0.15, -0.1) is 0 Å². The van der Waals surface area contributed by atoms with Crippen LogP contribution in [0.15, 0.2) is 52.3 Å². The highest BCUT2D eigenvalue weighted by atomic mass is 32.2. The molecule has 0 heterocycles. The molecule has 0 fully saturated rings.